The van der Waals surface area contributed by atoms with Crippen molar-refractivity contribution < 1.29 is 9.90 Å². The molecule has 1 aromatic rings. The molecule has 0 aromatic carbocycles. The molecule has 2 heterocycles. The van der Waals surface area contributed by atoms with Crippen LogP contribution >= 0.6 is 23.1 Å². The van der Waals surface area contributed by atoms with Gasteiger partial charge in [0.2, 0.25) is 0 Å². The Labute approximate surface area is 96.9 Å². The van der Waals surface area contributed by atoms with Crippen molar-refractivity contribution in [3.63, 3.8) is 0 Å². The van der Waals surface area contributed by atoms with Crippen molar-refractivity contribution in [3.05, 3.63) is 21.4 Å². The Hall–Kier alpha value is -0.520. The van der Waals surface area contributed by atoms with E-state index < -0.39 is 12.0 Å². The van der Waals surface area contributed by atoms with Crippen LogP contribution in [0.1, 0.15) is 20.7 Å². The zero-order valence-electron chi connectivity index (χ0n) is 8.61. The number of aryl methyl sites for hydroxylation is 2. The molecule has 1 unspecified atom stereocenters. The van der Waals surface area contributed by atoms with Crippen LogP contribution in [-0.2, 0) is 4.79 Å². The van der Waals surface area contributed by atoms with E-state index in [1.165, 1.54) is 15.3 Å². The van der Waals surface area contributed by atoms with Gasteiger partial charge in [-0.1, -0.05) is 0 Å². The summed E-state index contributed by atoms with van der Waals surface area (Å²) in [5, 5.41) is 12.2. The van der Waals surface area contributed by atoms with Crippen LogP contribution < -0.4 is 5.32 Å². The van der Waals surface area contributed by atoms with Gasteiger partial charge < -0.3 is 5.11 Å². The van der Waals surface area contributed by atoms with Crippen LogP contribution in [0.2, 0.25) is 0 Å². The zero-order chi connectivity index (χ0) is 11.0. The standard InChI is InChI=1S/C10H13NO2S2/c1-5-3-7(6(2)15-5)9-11-8(4-14-9)10(12)13/h3,8-9,11H,4H2,1-2H3,(H,12,13)/t8-,9?/m1/s1. The van der Waals surface area contributed by atoms with E-state index in [4.69, 9.17) is 5.11 Å². The molecule has 1 saturated heterocycles. The number of aliphatic carboxylic acids is 1. The van der Waals surface area contributed by atoms with E-state index in [0.717, 1.165) is 0 Å². The summed E-state index contributed by atoms with van der Waals surface area (Å²) >= 11 is 3.44. The molecule has 2 N–H and O–H groups in total. The van der Waals surface area contributed by atoms with Gasteiger partial charge in [0, 0.05) is 15.5 Å². The molecule has 0 spiro atoms. The SMILES string of the molecule is Cc1cc(C2N[C@@H](C(=O)O)CS2)c(C)s1. The van der Waals surface area contributed by atoms with Gasteiger partial charge in [-0.25, -0.2) is 0 Å². The van der Waals surface area contributed by atoms with E-state index in [9.17, 15) is 4.79 Å². The fourth-order valence-corrected chi connectivity index (χ4v) is 4.05. The van der Waals surface area contributed by atoms with E-state index >= 15 is 0 Å². The Morgan fingerprint density at radius 1 is 1.60 bits per heavy atom. The maximum Gasteiger partial charge on any atom is 0.321 e. The second kappa shape index (κ2) is 4.15. The van der Waals surface area contributed by atoms with Gasteiger partial charge in [0.1, 0.15) is 6.04 Å². The lowest BCUT2D eigenvalue weighted by molar-refractivity contribution is -0.138. The lowest BCUT2D eigenvalue weighted by atomic mass is 10.2. The predicted molar refractivity (Wildman–Crippen MR) is 63.6 cm³/mol. The number of nitrogens with one attached hydrogen (secondary N) is 1. The fourth-order valence-electron chi connectivity index (χ4n) is 1.70. The number of hydrogen-bond donors (Lipinski definition) is 2. The van der Waals surface area contributed by atoms with Gasteiger partial charge in [-0.3, -0.25) is 10.1 Å². The van der Waals surface area contributed by atoms with Gasteiger partial charge in [0.05, 0.1) is 5.37 Å². The van der Waals surface area contributed by atoms with Gasteiger partial charge in [-0.05, 0) is 25.5 Å². The molecule has 1 aliphatic heterocycles. The molecule has 5 heteroatoms. The molecular formula is C10H13NO2S2. The molecule has 1 aromatic heterocycles. The number of carboxylic acids is 1. The van der Waals surface area contributed by atoms with Gasteiger partial charge >= 0.3 is 5.97 Å². The van der Waals surface area contributed by atoms with E-state index in [1.54, 1.807) is 23.1 Å². The van der Waals surface area contributed by atoms with Crippen LogP contribution in [0.4, 0.5) is 0 Å². The highest BCUT2D eigenvalue weighted by molar-refractivity contribution is 7.99. The van der Waals surface area contributed by atoms with Crippen molar-refractivity contribution in [2.75, 3.05) is 5.75 Å². The topological polar surface area (TPSA) is 49.3 Å². The molecular weight excluding hydrogens is 230 g/mol. The highest BCUT2D eigenvalue weighted by Gasteiger charge is 2.31. The number of thiophene rings is 1. The maximum atomic E-state index is 10.8. The van der Waals surface area contributed by atoms with Crippen molar-refractivity contribution in [3.8, 4) is 0 Å². The summed E-state index contributed by atoms with van der Waals surface area (Å²) in [7, 11) is 0. The molecule has 15 heavy (non-hydrogen) atoms. The molecule has 2 atom stereocenters. The molecule has 3 nitrogen and oxygen atoms in total. The summed E-state index contributed by atoms with van der Waals surface area (Å²) in [6.45, 7) is 4.17. The molecule has 0 aliphatic carbocycles. The van der Waals surface area contributed by atoms with Gasteiger partial charge in [0.25, 0.3) is 0 Å². The van der Waals surface area contributed by atoms with Crippen molar-refractivity contribution >= 4 is 29.1 Å². The molecule has 82 valence electrons. The minimum absolute atomic E-state index is 0.149. The smallest absolute Gasteiger partial charge is 0.321 e. The summed E-state index contributed by atoms with van der Waals surface area (Å²) < 4.78 is 0. The van der Waals surface area contributed by atoms with E-state index in [0.29, 0.717) is 5.75 Å². The van der Waals surface area contributed by atoms with Gasteiger partial charge in [-0.15, -0.1) is 23.1 Å². The Morgan fingerprint density at radius 2 is 2.33 bits per heavy atom. The van der Waals surface area contributed by atoms with Crippen molar-refractivity contribution in [2.45, 2.75) is 25.3 Å². The van der Waals surface area contributed by atoms with E-state index in [2.05, 4.69) is 25.2 Å². The molecule has 0 radical (unpaired) electrons. The van der Waals surface area contributed by atoms with Crippen LogP contribution in [0.25, 0.3) is 0 Å². The first-order chi connectivity index (χ1) is 7.08. The first-order valence-electron chi connectivity index (χ1n) is 4.75. The molecule has 0 amide bonds. The Bertz CT molecular complexity index is 389. The van der Waals surface area contributed by atoms with Gasteiger partial charge in [0.15, 0.2) is 0 Å². The third-order valence-corrected chi connectivity index (χ3v) is 4.67. The second-order valence-corrected chi connectivity index (χ2v) is 6.24. The average Bonchev–Trinajstić information content (AvgIpc) is 2.71. The Balaban J connectivity index is 2.14. The van der Waals surface area contributed by atoms with E-state index in [-0.39, 0.29) is 5.37 Å². The quantitative estimate of drug-likeness (QED) is 0.835. The summed E-state index contributed by atoms with van der Waals surface area (Å²) in [5.74, 6) is -0.108. The first kappa shape index (κ1) is 11.0. The Kier molecular flexibility index (Phi) is 3.04. The van der Waals surface area contributed by atoms with Crippen LogP contribution in [-0.4, -0.2) is 22.9 Å². The van der Waals surface area contributed by atoms with Crippen LogP contribution in [0.5, 0.6) is 0 Å². The molecule has 2 rings (SSSR count). The average molecular weight is 243 g/mol. The summed E-state index contributed by atoms with van der Waals surface area (Å²) in [5.41, 5.74) is 1.24. The summed E-state index contributed by atoms with van der Waals surface area (Å²) in [6.07, 6.45) is 0. The highest BCUT2D eigenvalue weighted by atomic mass is 32.2. The summed E-state index contributed by atoms with van der Waals surface area (Å²) in [4.78, 5) is 13.4. The third kappa shape index (κ3) is 2.19. The molecule has 1 aliphatic rings. The van der Waals surface area contributed by atoms with Crippen molar-refractivity contribution in [1.29, 1.82) is 0 Å². The number of carbonyl (C=O) groups is 1. The number of carboxylic acid groups (broad SMARTS) is 1. The molecule has 1 fully saturated rings. The lowest BCUT2D eigenvalue weighted by Gasteiger charge is -2.10. The number of thioether (sulfide) groups is 1. The van der Waals surface area contributed by atoms with Crippen molar-refractivity contribution in [1.82, 2.24) is 5.32 Å². The highest BCUT2D eigenvalue weighted by Crippen LogP contribution is 2.37. The minimum Gasteiger partial charge on any atom is -0.480 e. The Morgan fingerprint density at radius 3 is 2.80 bits per heavy atom. The van der Waals surface area contributed by atoms with Crippen LogP contribution in [0, 0.1) is 13.8 Å². The van der Waals surface area contributed by atoms with Crippen molar-refractivity contribution in [2.24, 2.45) is 0 Å². The van der Waals surface area contributed by atoms with Crippen LogP contribution in [0.3, 0.4) is 0 Å². The normalized spacial score (nSPS) is 25.7. The third-order valence-electron chi connectivity index (χ3n) is 2.44. The maximum absolute atomic E-state index is 10.8. The number of hydrogen-bond acceptors (Lipinski definition) is 4. The molecule has 0 saturated carbocycles. The first-order valence-corrected chi connectivity index (χ1v) is 6.62. The lowest BCUT2D eigenvalue weighted by Crippen LogP contribution is -2.33. The monoisotopic (exact) mass is 243 g/mol. The van der Waals surface area contributed by atoms with E-state index in [1.807, 2.05) is 0 Å². The van der Waals surface area contributed by atoms with Crippen LogP contribution in [0.15, 0.2) is 6.07 Å². The largest absolute Gasteiger partial charge is 0.480 e. The van der Waals surface area contributed by atoms with Gasteiger partial charge in [-0.2, -0.15) is 0 Å². The number of rotatable bonds is 2. The second-order valence-electron chi connectivity index (χ2n) is 3.64. The predicted octanol–water partition coefficient (Wildman–Crippen LogP) is 2.15. The minimum atomic E-state index is -0.755. The molecule has 0 bridgehead atoms. The summed E-state index contributed by atoms with van der Waals surface area (Å²) in [6, 6.07) is 1.74. The zero-order valence-corrected chi connectivity index (χ0v) is 10.2. The fraction of sp³-hybridized carbons (Fsp3) is 0.500.